The van der Waals surface area contributed by atoms with E-state index in [2.05, 4.69) is 16.0 Å². The Balaban J connectivity index is 1.55. The summed E-state index contributed by atoms with van der Waals surface area (Å²) in [7, 11) is 0. The molecule has 4 heteroatoms. The summed E-state index contributed by atoms with van der Waals surface area (Å²) in [5.74, 6) is 0.746. The van der Waals surface area contributed by atoms with Crippen molar-refractivity contribution in [2.75, 3.05) is 39.4 Å². The molecule has 2 spiro atoms. The number of hydrogen-bond donors (Lipinski definition) is 3. The van der Waals surface area contributed by atoms with Crippen molar-refractivity contribution in [2.45, 2.75) is 37.3 Å². The standard InChI is InChI=1S/C14H25N3O/c1-4-14(17-5-1)9-15-7-11(14)12-13(8-16-12)3-2-6-18-10-13/h11-12,15-17H,1-10H2. The molecule has 4 heterocycles. The van der Waals surface area contributed by atoms with Gasteiger partial charge in [0.05, 0.1) is 6.61 Å². The zero-order valence-corrected chi connectivity index (χ0v) is 11.1. The van der Waals surface area contributed by atoms with Gasteiger partial charge in [0, 0.05) is 49.2 Å². The van der Waals surface area contributed by atoms with E-state index in [0.717, 1.165) is 25.7 Å². The number of nitrogens with one attached hydrogen (secondary N) is 3. The summed E-state index contributed by atoms with van der Waals surface area (Å²) >= 11 is 0. The third kappa shape index (κ3) is 1.52. The minimum absolute atomic E-state index is 0.378. The predicted octanol–water partition coefficient (Wildman–Crippen LogP) is 0.0966. The molecule has 0 saturated carbocycles. The minimum Gasteiger partial charge on any atom is -0.381 e. The van der Waals surface area contributed by atoms with Gasteiger partial charge in [-0.05, 0) is 32.2 Å². The summed E-state index contributed by atoms with van der Waals surface area (Å²) in [5, 5.41) is 11.2. The minimum atomic E-state index is 0.378. The van der Waals surface area contributed by atoms with Crippen LogP contribution in [0.25, 0.3) is 0 Å². The second-order valence-corrected chi connectivity index (χ2v) is 6.80. The van der Waals surface area contributed by atoms with Crippen LogP contribution in [0.15, 0.2) is 0 Å². The third-order valence-corrected chi connectivity index (χ3v) is 5.88. The Labute approximate surface area is 109 Å². The molecule has 0 radical (unpaired) electrons. The largest absolute Gasteiger partial charge is 0.381 e. The van der Waals surface area contributed by atoms with Crippen LogP contribution in [-0.4, -0.2) is 51.0 Å². The molecule has 0 aromatic rings. The molecule has 0 bridgehead atoms. The molecular formula is C14H25N3O. The van der Waals surface area contributed by atoms with E-state index < -0.39 is 0 Å². The molecule has 4 rings (SSSR count). The van der Waals surface area contributed by atoms with Gasteiger partial charge in [0.25, 0.3) is 0 Å². The van der Waals surface area contributed by atoms with E-state index in [-0.39, 0.29) is 0 Å². The van der Waals surface area contributed by atoms with Gasteiger partial charge in [-0.1, -0.05) is 0 Å². The maximum atomic E-state index is 5.79. The smallest absolute Gasteiger partial charge is 0.0549 e. The van der Waals surface area contributed by atoms with Crippen molar-refractivity contribution in [1.29, 1.82) is 0 Å². The lowest BCUT2D eigenvalue weighted by Crippen LogP contribution is -2.72. The van der Waals surface area contributed by atoms with Crippen LogP contribution >= 0.6 is 0 Å². The first-order chi connectivity index (χ1) is 8.85. The Morgan fingerprint density at radius 1 is 1.11 bits per heavy atom. The van der Waals surface area contributed by atoms with E-state index in [1.165, 1.54) is 45.3 Å². The predicted molar refractivity (Wildman–Crippen MR) is 70.6 cm³/mol. The fourth-order valence-corrected chi connectivity index (χ4v) is 4.85. The van der Waals surface area contributed by atoms with Crippen LogP contribution in [-0.2, 0) is 4.74 Å². The Hall–Kier alpha value is -0.160. The summed E-state index contributed by atoms with van der Waals surface area (Å²) in [5.41, 5.74) is 0.828. The fourth-order valence-electron chi connectivity index (χ4n) is 4.85. The normalized spacial score (nSPS) is 52.0. The summed E-state index contributed by atoms with van der Waals surface area (Å²) in [6.07, 6.45) is 5.30. The highest BCUT2D eigenvalue weighted by atomic mass is 16.5. The van der Waals surface area contributed by atoms with E-state index in [1.807, 2.05) is 0 Å². The van der Waals surface area contributed by atoms with Gasteiger partial charge in [0.15, 0.2) is 0 Å². The van der Waals surface area contributed by atoms with Gasteiger partial charge in [0.2, 0.25) is 0 Å². The van der Waals surface area contributed by atoms with Gasteiger partial charge in [-0.3, -0.25) is 0 Å². The highest BCUT2D eigenvalue weighted by molar-refractivity contribution is 5.16. The molecule has 0 aromatic heterocycles. The molecule has 4 aliphatic heterocycles. The van der Waals surface area contributed by atoms with Gasteiger partial charge < -0.3 is 20.7 Å². The lowest BCUT2D eigenvalue weighted by atomic mass is 9.61. The molecule has 0 amide bonds. The molecule has 4 atom stereocenters. The first kappa shape index (κ1) is 11.6. The van der Waals surface area contributed by atoms with Crippen LogP contribution in [0.5, 0.6) is 0 Å². The summed E-state index contributed by atoms with van der Waals surface area (Å²) in [4.78, 5) is 0. The summed E-state index contributed by atoms with van der Waals surface area (Å²) in [6, 6.07) is 0.665. The van der Waals surface area contributed by atoms with Crippen LogP contribution in [0.4, 0.5) is 0 Å². The van der Waals surface area contributed by atoms with Crippen molar-refractivity contribution in [1.82, 2.24) is 16.0 Å². The zero-order valence-electron chi connectivity index (χ0n) is 11.1. The molecule has 4 fully saturated rings. The van der Waals surface area contributed by atoms with E-state index >= 15 is 0 Å². The van der Waals surface area contributed by atoms with Crippen LogP contribution in [0, 0.1) is 11.3 Å². The van der Waals surface area contributed by atoms with E-state index in [0.29, 0.717) is 17.0 Å². The SMILES string of the molecule is C1COCC2(C1)CNC2C1CNCC12CCCN2. The molecule has 102 valence electrons. The van der Waals surface area contributed by atoms with E-state index in [4.69, 9.17) is 4.74 Å². The highest BCUT2D eigenvalue weighted by Gasteiger charge is 2.58. The van der Waals surface area contributed by atoms with Crippen molar-refractivity contribution < 1.29 is 4.74 Å². The second kappa shape index (κ2) is 4.17. The molecule has 4 nitrogen and oxygen atoms in total. The molecule has 18 heavy (non-hydrogen) atoms. The van der Waals surface area contributed by atoms with Gasteiger partial charge in [-0.15, -0.1) is 0 Å². The first-order valence-corrected chi connectivity index (χ1v) is 7.62. The molecule has 0 aromatic carbocycles. The number of ether oxygens (including phenoxy) is 1. The van der Waals surface area contributed by atoms with Crippen molar-refractivity contribution in [3.05, 3.63) is 0 Å². The number of rotatable bonds is 1. The summed E-state index contributed by atoms with van der Waals surface area (Å²) in [6.45, 7) is 6.66. The second-order valence-electron chi connectivity index (χ2n) is 6.80. The quantitative estimate of drug-likeness (QED) is 0.618. The summed E-state index contributed by atoms with van der Waals surface area (Å²) < 4.78 is 5.79. The lowest BCUT2D eigenvalue weighted by molar-refractivity contribution is -0.0915. The monoisotopic (exact) mass is 251 g/mol. The van der Waals surface area contributed by atoms with Gasteiger partial charge in [-0.2, -0.15) is 0 Å². The third-order valence-electron chi connectivity index (χ3n) is 5.88. The lowest BCUT2D eigenvalue weighted by Gasteiger charge is -2.57. The molecule has 0 aliphatic carbocycles. The van der Waals surface area contributed by atoms with E-state index in [9.17, 15) is 0 Å². The van der Waals surface area contributed by atoms with Crippen molar-refractivity contribution in [2.24, 2.45) is 11.3 Å². The van der Waals surface area contributed by atoms with Crippen LogP contribution < -0.4 is 16.0 Å². The van der Waals surface area contributed by atoms with Crippen molar-refractivity contribution in [3.8, 4) is 0 Å². The van der Waals surface area contributed by atoms with Crippen molar-refractivity contribution >= 4 is 0 Å². The number of hydrogen-bond acceptors (Lipinski definition) is 4. The Morgan fingerprint density at radius 3 is 2.78 bits per heavy atom. The zero-order chi connectivity index (χ0) is 12.1. The first-order valence-electron chi connectivity index (χ1n) is 7.62. The van der Waals surface area contributed by atoms with Gasteiger partial charge >= 0.3 is 0 Å². The molecule has 3 N–H and O–H groups in total. The van der Waals surface area contributed by atoms with Gasteiger partial charge in [-0.25, -0.2) is 0 Å². The van der Waals surface area contributed by atoms with Crippen molar-refractivity contribution in [3.63, 3.8) is 0 Å². The average molecular weight is 251 g/mol. The maximum absolute atomic E-state index is 5.79. The molecular weight excluding hydrogens is 226 g/mol. The van der Waals surface area contributed by atoms with E-state index in [1.54, 1.807) is 0 Å². The Kier molecular flexibility index (Phi) is 2.70. The highest BCUT2D eigenvalue weighted by Crippen LogP contribution is 2.46. The Morgan fingerprint density at radius 2 is 2.11 bits per heavy atom. The van der Waals surface area contributed by atoms with Crippen LogP contribution in [0.3, 0.4) is 0 Å². The maximum Gasteiger partial charge on any atom is 0.0549 e. The van der Waals surface area contributed by atoms with Crippen LogP contribution in [0.2, 0.25) is 0 Å². The Bertz CT molecular complexity index is 315. The molecule has 4 saturated heterocycles. The molecule has 4 aliphatic rings. The van der Waals surface area contributed by atoms with Gasteiger partial charge in [0.1, 0.15) is 0 Å². The fraction of sp³-hybridized carbons (Fsp3) is 1.00. The topological polar surface area (TPSA) is 45.3 Å². The van der Waals surface area contributed by atoms with Crippen LogP contribution in [0.1, 0.15) is 25.7 Å². The average Bonchev–Trinajstić information content (AvgIpc) is 3.02. The molecule has 4 unspecified atom stereocenters.